The average molecular weight is 257 g/mol. The molecule has 0 saturated heterocycles. The standard InChI is InChI=1S/C15H19N3O/c19-15(14-10-16-8-9-17-14)18-13-7-3-5-11-4-1-2-6-12(11)13/h1-2,4,6,8-9,13-14,16-17H,3,5,7,10H2,(H,18,19). The third-order valence-electron chi connectivity index (χ3n) is 3.82. The van der Waals surface area contributed by atoms with E-state index in [1.807, 2.05) is 12.3 Å². The van der Waals surface area contributed by atoms with Crippen LogP contribution >= 0.6 is 0 Å². The first-order valence-corrected chi connectivity index (χ1v) is 6.87. The minimum absolute atomic E-state index is 0.0681. The molecule has 1 heterocycles. The summed E-state index contributed by atoms with van der Waals surface area (Å²) in [6.45, 7) is 0.636. The number of rotatable bonds is 2. The number of nitrogens with one attached hydrogen (secondary N) is 3. The highest BCUT2D eigenvalue weighted by atomic mass is 16.2. The third-order valence-corrected chi connectivity index (χ3v) is 3.82. The first-order valence-electron chi connectivity index (χ1n) is 6.87. The zero-order valence-corrected chi connectivity index (χ0v) is 10.9. The largest absolute Gasteiger partial charge is 0.387 e. The third kappa shape index (κ3) is 2.57. The molecule has 3 N–H and O–H groups in total. The smallest absolute Gasteiger partial charge is 0.244 e. The minimum atomic E-state index is -0.181. The molecule has 4 heteroatoms. The van der Waals surface area contributed by atoms with Gasteiger partial charge < -0.3 is 16.0 Å². The van der Waals surface area contributed by atoms with Gasteiger partial charge in [0.25, 0.3) is 0 Å². The van der Waals surface area contributed by atoms with E-state index in [9.17, 15) is 4.79 Å². The fraction of sp³-hybridized carbons (Fsp3) is 0.400. The van der Waals surface area contributed by atoms with Crippen molar-refractivity contribution in [3.05, 3.63) is 47.8 Å². The normalized spacial score (nSPS) is 24.8. The highest BCUT2D eigenvalue weighted by Gasteiger charge is 2.25. The van der Waals surface area contributed by atoms with Gasteiger partial charge in [0.05, 0.1) is 6.04 Å². The molecule has 0 radical (unpaired) electrons. The number of carbonyl (C=O) groups excluding carboxylic acids is 1. The molecule has 2 aliphatic rings. The van der Waals surface area contributed by atoms with Gasteiger partial charge in [-0.3, -0.25) is 4.79 Å². The van der Waals surface area contributed by atoms with Gasteiger partial charge in [0.15, 0.2) is 0 Å². The van der Waals surface area contributed by atoms with Crippen LogP contribution in [-0.4, -0.2) is 18.5 Å². The van der Waals surface area contributed by atoms with Gasteiger partial charge in [0.1, 0.15) is 6.04 Å². The number of hydrogen-bond donors (Lipinski definition) is 3. The number of amides is 1. The fourth-order valence-corrected chi connectivity index (χ4v) is 2.81. The Bertz CT molecular complexity index is 498. The zero-order valence-electron chi connectivity index (χ0n) is 10.9. The lowest BCUT2D eigenvalue weighted by Gasteiger charge is -2.29. The molecule has 1 aliphatic carbocycles. The lowest BCUT2D eigenvalue weighted by Crippen LogP contribution is -2.50. The zero-order chi connectivity index (χ0) is 13.1. The fourth-order valence-electron chi connectivity index (χ4n) is 2.81. The molecule has 3 rings (SSSR count). The highest BCUT2D eigenvalue weighted by molar-refractivity contribution is 5.82. The van der Waals surface area contributed by atoms with E-state index >= 15 is 0 Å². The van der Waals surface area contributed by atoms with Crippen LogP contribution in [0.15, 0.2) is 36.7 Å². The van der Waals surface area contributed by atoms with E-state index in [1.165, 1.54) is 11.1 Å². The molecule has 1 aromatic carbocycles. The predicted molar refractivity (Wildman–Crippen MR) is 74.3 cm³/mol. The van der Waals surface area contributed by atoms with Gasteiger partial charge in [0.2, 0.25) is 5.91 Å². The molecule has 2 unspecified atom stereocenters. The molecule has 2 atom stereocenters. The summed E-state index contributed by atoms with van der Waals surface area (Å²) in [6.07, 6.45) is 6.88. The van der Waals surface area contributed by atoms with E-state index in [2.05, 4.69) is 34.1 Å². The van der Waals surface area contributed by atoms with Crippen molar-refractivity contribution < 1.29 is 4.79 Å². The molecule has 1 amide bonds. The van der Waals surface area contributed by atoms with E-state index in [0.717, 1.165) is 19.3 Å². The Balaban J connectivity index is 1.70. The van der Waals surface area contributed by atoms with Crippen molar-refractivity contribution in [2.75, 3.05) is 6.54 Å². The molecule has 0 spiro atoms. The summed E-state index contributed by atoms with van der Waals surface area (Å²) < 4.78 is 0. The Kier molecular flexibility index (Phi) is 3.40. The molecule has 4 nitrogen and oxygen atoms in total. The summed E-state index contributed by atoms with van der Waals surface area (Å²) >= 11 is 0. The van der Waals surface area contributed by atoms with Gasteiger partial charge in [-0.1, -0.05) is 24.3 Å². The second-order valence-corrected chi connectivity index (χ2v) is 5.11. The van der Waals surface area contributed by atoms with Crippen LogP contribution < -0.4 is 16.0 Å². The topological polar surface area (TPSA) is 53.2 Å². The average Bonchev–Trinajstić information content (AvgIpc) is 2.48. The molecule has 19 heavy (non-hydrogen) atoms. The van der Waals surface area contributed by atoms with Crippen molar-refractivity contribution in [1.82, 2.24) is 16.0 Å². The first-order chi connectivity index (χ1) is 9.34. The summed E-state index contributed by atoms with van der Waals surface area (Å²) in [5.41, 5.74) is 2.65. The second-order valence-electron chi connectivity index (χ2n) is 5.11. The van der Waals surface area contributed by atoms with Gasteiger partial charge in [-0.2, -0.15) is 0 Å². The highest BCUT2D eigenvalue weighted by Crippen LogP contribution is 2.29. The van der Waals surface area contributed by atoms with Crippen LogP contribution in [0.25, 0.3) is 0 Å². The molecular weight excluding hydrogens is 238 g/mol. The van der Waals surface area contributed by atoms with Crippen LogP contribution in [0.3, 0.4) is 0 Å². The number of hydrogen-bond acceptors (Lipinski definition) is 3. The SMILES string of the molecule is O=C(NC1CCCc2ccccc21)C1CNC=CN1. The maximum absolute atomic E-state index is 12.2. The van der Waals surface area contributed by atoms with Crippen LogP contribution in [0.4, 0.5) is 0 Å². The molecule has 0 aromatic heterocycles. The van der Waals surface area contributed by atoms with E-state index in [4.69, 9.17) is 0 Å². The summed E-state index contributed by atoms with van der Waals surface area (Å²) in [7, 11) is 0. The van der Waals surface area contributed by atoms with E-state index < -0.39 is 0 Å². The van der Waals surface area contributed by atoms with Crippen LogP contribution in [0, 0.1) is 0 Å². The van der Waals surface area contributed by atoms with Crippen molar-refractivity contribution in [1.29, 1.82) is 0 Å². The first kappa shape index (κ1) is 12.1. The van der Waals surface area contributed by atoms with Crippen LogP contribution in [-0.2, 0) is 11.2 Å². The van der Waals surface area contributed by atoms with Gasteiger partial charge in [-0.25, -0.2) is 0 Å². The van der Waals surface area contributed by atoms with Crippen molar-refractivity contribution in [3.8, 4) is 0 Å². The van der Waals surface area contributed by atoms with Crippen LogP contribution in [0.2, 0.25) is 0 Å². The summed E-state index contributed by atoms with van der Waals surface area (Å²) in [6, 6.07) is 8.39. The molecular formula is C15H19N3O. The monoisotopic (exact) mass is 257 g/mol. The second kappa shape index (κ2) is 5.34. The molecule has 0 fully saturated rings. The molecule has 1 aromatic rings. The van der Waals surface area contributed by atoms with Gasteiger partial charge in [-0.15, -0.1) is 0 Å². The molecule has 0 bridgehead atoms. The lowest BCUT2D eigenvalue weighted by atomic mass is 9.87. The maximum Gasteiger partial charge on any atom is 0.244 e. The Morgan fingerprint density at radius 1 is 1.26 bits per heavy atom. The van der Waals surface area contributed by atoms with Crippen molar-refractivity contribution >= 4 is 5.91 Å². The summed E-state index contributed by atoms with van der Waals surface area (Å²) in [4.78, 5) is 12.2. The summed E-state index contributed by atoms with van der Waals surface area (Å²) in [5.74, 6) is 0.0681. The maximum atomic E-state index is 12.2. The van der Waals surface area contributed by atoms with Crippen molar-refractivity contribution in [2.45, 2.75) is 31.3 Å². The van der Waals surface area contributed by atoms with Gasteiger partial charge >= 0.3 is 0 Å². The van der Waals surface area contributed by atoms with E-state index in [0.29, 0.717) is 6.54 Å². The predicted octanol–water partition coefficient (Wildman–Crippen LogP) is 1.21. The number of fused-ring (bicyclic) bond motifs is 1. The lowest BCUT2D eigenvalue weighted by molar-refractivity contribution is -0.123. The Labute approximate surface area is 113 Å². The number of benzene rings is 1. The Morgan fingerprint density at radius 2 is 2.16 bits per heavy atom. The Morgan fingerprint density at radius 3 is 3.00 bits per heavy atom. The molecule has 0 saturated carbocycles. The van der Waals surface area contributed by atoms with Crippen molar-refractivity contribution in [3.63, 3.8) is 0 Å². The van der Waals surface area contributed by atoms with Gasteiger partial charge in [-0.05, 0) is 30.4 Å². The quantitative estimate of drug-likeness (QED) is 0.746. The molecule has 100 valence electrons. The number of carbonyl (C=O) groups is 1. The Hall–Kier alpha value is -1.97. The van der Waals surface area contributed by atoms with Crippen LogP contribution in [0.1, 0.15) is 30.0 Å². The van der Waals surface area contributed by atoms with Crippen LogP contribution in [0.5, 0.6) is 0 Å². The van der Waals surface area contributed by atoms with E-state index in [1.54, 1.807) is 6.20 Å². The summed E-state index contributed by atoms with van der Waals surface area (Å²) in [5, 5.41) is 9.31. The van der Waals surface area contributed by atoms with Gasteiger partial charge in [0, 0.05) is 18.9 Å². The number of aryl methyl sites for hydroxylation is 1. The minimum Gasteiger partial charge on any atom is -0.387 e. The van der Waals surface area contributed by atoms with Crippen molar-refractivity contribution in [2.24, 2.45) is 0 Å². The molecule has 1 aliphatic heterocycles. The van der Waals surface area contributed by atoms with E-state index in [-0.39, 0.29) is 18.0 Å².